The van der Waals surface area contributed by atoms with Gasteiger partial charge in [0, 0.05) is 13.1 Å². The number of rotatable bonds is 17. The molecule has 216 valence electrons. The zero-order valence-corrected chi connectivity index (χ0v) is 25.5. The average Bonchev–Trinajstić information content (AvgIpc) is 2.87. The fraction of sp³-hybridized carbons (Fsp3) is 0.700. The van der Waals surface area contributed by atoms with Crippen molar-refractivity contribution < 1.29 is 19.1 Å². The Morgan fingerprint density at radius 1 is 0.974 bits per heavy atom. The highest BCUT2D eigenvalue weighted by Gasteiger charge is 2.35. The lowest BCUT2D eigenvalue weighted by atomic mass is 9.99. The van der Waals surface area contributed by atoms with Crippen molar-refractivity contribution in [2.24, 2.45) is 0 Å². The van der Waals surface area contributed by atoms with Gasteiger partial charge in [-0.3, -0.25) is 9.59 Å². The predicted octanol–water partition coefficient (Wildman–Crippen LogP) is 6.26. The molecule has 0 fully saturated rings. The van der Waals surface area contributed by atoms with E-state index in [2.05, 4.69) is 31.4 Å². The molecule has 3 amide bonds. The summed E-state index contributed by atoms with van der Waals surface area (Å²) in [5.74, 6) is 0.248. The van der Waals surface area contributed by atoms with Crippen molar-refractivity contribution >= 4 is 29.7 Å². The molecule has 0 saturated carbocycles. The molecule has 2 N–H and O–H groups in total. The zero-order chi connectivity index (χ0) is 28.6. The van der Waals surface area contributed by atoms with Crippen LogP contribution in [0.2, 0.25) is 0 Å². The molecular weight excluding hydrogens is 498 g/mol. The van der Waals surface area contributed by atoms with Crippen LogP contribution in [0.3, 0.4) is 0 Å². The first-order valence-corrected chi connectivity index (χ1v) is 15.6. The van der Waals surface area contributed by atoms with Crippen LogP contribution < -0.4 is 10.6 Å². The van der Waals surface area contributed by atoms with Crippen LogP contribution in [-0.4, -0.2) is 59.5 Å². The molecule has 0 aliphatic heterocycles. The van der Waals surface area contributed by atoms with E-state index in [0.717, 1.165) is 50.5 Å². The molecule has 2 unspecified atom stereocenters. The number of unbranched alkanes of at least 4 members (excludes halogenated alkanes) is 4. The third-order valence-electron chi connectivity index (χ3n) is 6.23. The summed E-state index contributed by atoms with van der Waals surface area (Å²) in [5, 5.41) is 5.86. The molecule has 0 heterocycles. The smallest absolute Gasteiger partial charge is 0.408 e. The van der Waals surface area contributed by atoms with Gasteiger partial charge in [-0.15, -0.1) is 0 Å². The Morgan fingerprint density at radius 2 is 1.63 bits per heavy atom. The molecule has 0 bridgehead atoms. The summed E-state index contributed by atoms with van der Waals surface area (Å²) < 4.78 is 5.47. The molecule has 1 aromatic rings. The van der Waals surface area contributed by atoms with Crippen LogP contribution >= 0.6 is 11.8 Å². The summed E-state index contributed by atoms with van der Waals surface area (Å²) in [4.78, 5) is 42.2. The van der Waals surface area contributed by atoms with Gasteiger partial charge in [-0.25, -0.2) is 4.79 Å². The van der Waals surface area contributed by atoms with Crippen molar-refractivity contribution in [1.29, 1.82) is 0 Å². The second kappa shape index (κ2) is 18.1. The van der Waals surface area contributed by atoms with Crippen LogP contribution in [0.15, 0.2) is 24.3 Å². The Labute approximate surface area is 235 Å². The minimum absolute atomic E-state index is 0.188. The first-order valence-electron chi connectivity index (χ1n) is 14.2. The van der Waals surface area contributed by atoms with Gasteiger partial charge in [0.15, 0.2) is 0 Å². The fourth-order valence-electron chi connectivity index (χ4n) is 4.11. The maximum absolute atomic E-state index is 14.2. The minimum Gasteiger partial charge on any atom is -0.444 e. The molecule has 1 rings (SSSR count). The Morgan fingerprint density at radius 3 is 2.18 bits per heavy atom. The number of carbonyl (C=O) groups is 3. The summed E-state index contributed by atoms with van der Waals surface area (Å²) in [6.45, 7) is 12.7. The quantitative estimate of drug-likeness (QED) is 0.224. The molecule has 0 radical (unpaired) electrons. The van der Waals surface area contributed by atoms with Gasteiger partial charge in [-0.1, -0.05) is 70.7 Å². The van der Waals surface area contributed by atoms with Crippen LogP contribution in [0.1, 0.15) is 104 Å². The normalized spacial score (nSPS) is 12.9. The molecule has 7 nitrogen and oxygen atoms in total. The third kappa shape index (κ3) is 12.5. The summed E-state index contributed by atoms with van der Waals surface area (Å²) >= 11 is 1.61. The molecule has 0 aliphatic carbocycles. The number of alkyl carbamates (subject to hydrolysis) is 1. The highest BCUT2D eigenvalue weighted by Crippen LogP contribution is 2.25. The minimum atomic E-state index is -0.788. The van der Waals surface area contributed by atoms with Gasteiger partial charge in [-0.2, -0.15) is 11.8 Å². The fourth-order valence-corrected chi connectivity index (χ4v) is 4.58. The van der Waals surface area contributed by atoms with Gasteiger partial charge < -0.3 is 20.3 Å². The van der Waals surface area contributed by atoms with Crippen LogP contribution in [0.25, 0.3) is 0 Å². The van der Waals surface area contributed by atoms with E-state index in [-0.39, 0.29) is 11.8 Å². The van der Waals surface area contributed by atoms with Gasteiger partial charge in [0.05, 0.1) is 0 Å². The Balaban J connectivity index is 3.42. The molecule has 38 heavy (non-hydrogen) atoms. The molecule has 0 aromatic heterocycles. The van der Waals surface area contributed by atoms with E-state index in [4.69, 9.17) is 4.74 Å². The number of amides is 3. The average molecular weight is 550 g/mol. The Kier molecular flexibility index (Phi) is 16.1. The van der Waals surface area contributed by atoms with E-state index in [0.29, 0.717) is 25.3 Å². The molecular formula is C30H51N3O4S. The van der Waals surface area contributed by atoms with E-state index in [9.17, 15) is 14.4 Å². The number of hydrogen-bond acceptors (Lipinski definition) is 5. The van der Waals surface area contributed by atoms with Crippen LogP contribution in [-0.2, 0) is 20.7 Å². The van der Waals surface area contributed by atoms with Gasteiger partial charge in [-0.05, 0) is 69.6 Å². The van der Waals surface area contributed by atoms with Crippen molar-refractivity contribution in [2.75, 3.05) is 25.1 Å². The largest absolute Gasteiger partial charge is 0.444 e. The van der Waals surface area contributed by atoms with E-state index >= 15 is 0 Å². The van der Waals surface area contributed by atoms with Crippen molar-refractivity contribution in [3.05, 3.63) is 35.4 Å². The van der Waals surface area contributed by atoms with E-state index in [1.807, 2.05) is 30.5 Å². The highest BCUT2D eigenvalue weighted by atomic mass is 32.2. The summed E-state index contributed by atoms with van der Waals surface area (Å²) in [7, 11) is 0. The number of hydrogen-bond donors (Lipinski definition) is 2. The van der Waals surface area contributed by atoms with Crippen LogP contribution in [0.5, 0.6) is 0 Å². The first-order chi connectivity index (χ1) is 18.1. The number of thioether (sulfide) groups is 1. The van der Waals surface area contributed by atoms with Gasteiger partial charge in [0.1, 0.15) is 17.7 Å². The second-order valence-electron chi connectivity index (χ2n) is 10.7. The maximum atomic E-state index is 14.2. The highest BCUT2D eigenvalue weighted by molar-refractivity contribution is 7.98. The number of nitrogens with zero attached hydrogens (tertiary/aromatic N) is 1. The van der Waals surface area contributed by atoms with E-state index < -0.39 is 23.8 Å². The predicted molar refractivity (Wildman–Crippen MR) is 158 cm³/mol. The maximum Gasteiger partial charge on any atom is 0.408 e. The molecule has 1 aromatic carbocycles. The number of nitrogens with one attached hydrogen (secondary N) is 2. The van der Waals surface area contributed by atoms with E-state index in [1.165, 1.54) is 5.56 Å². The number of aryl methyl sites for hydroxylation is 1. The molecule has 8 heteroatoms. The summed E-state index contributed by atoms with van der Waals surface area (Å²) in [6, 6.07) is 6.38. The molecule has 0 spiro atoms. The van der Waals surface area contributed by atoms with Crippen LogP contribution in [0, 0.1) is 0 Å². The summed E-state index contributed by atoms with van der Waals surface area (Å²) in [5.41, 5.74) is 1.27. The van der Waals surface area contributed by atoms with Gasteiger partial charge >= 0.3 is 6.09 Å². The standard InChI is InChI=1S/C30H51N3O4S/c1-8-11-13-14-21-33(28(35)25(19-22-38-7)32-29(36)37-30(4,5)6)26(27(34)31-20-12-9-2)24-17-15-23(10-3)16-18-24/h15-18,25-26H,8-14,19-22H2,1-7H3,(H,31,34)(H,32,36). The molecule has 0 saturated heterocycles. The molecule has 2 atom stereocenters. The second-order valence-corrected chi connectivity index (χ2v) is 11.7. The monoisotopic (exact) mass is 549 g/mol. The van der Waals surface area contributed by atoms with Crippen molar-refractivity contribution in [3.63, 3.8) is 0 Å². The number of ether oxygens (including phenoxy) is 1. The zero-order valence-electron chi connectivity index (χ0n) is 24.7. The molecule has 0 aliphatic rings. The van der Waals surface area contributed by atoms with E-state index in [1.54, 1.807) is 37.4 Å². The lowest BCUT2D eigenvalue weighted by Crippen LogP contribution is -2.53. The Hall–Kier alpha value is -2.22. The number of benzene rings is 1. The van der Waals surface area contributed by atoms with Crippen LogP contribution in [0.4, 0.5) is 4.79 Å². The first kappa shape index (κ1) is 33.8. The lowest BCUT2D eigenvalue weighted by molar-refractivity contribution is -0.142. The summed E-state index contributed by atoms with van der Waals surface area (Å²) in [6.07, 6.45) is 8.40. The number of carbonyl (C=O) groups excluding carboxylic acids is 3. The van der Waals surface area contributed by atoms with Crippen molar-refractivity contribution in [3.8, 4) is 0 Å². The topological polar surface area (TPSA) is 87.7 Å². The third-order valence-corrected chi connectivity index (χ3v) is 6.87. The Bertz CT molecular complexity index is 839. The van der Waals surface area contributed by atoms with Gasteiger partial charge in [0.2, 0.25) is 11.8 Å². The van der Waals surface area contributed by atoms with Gasteiger partial charge in [0.25, 0.3) is 0 Å². The van der Waals surface area contributed by atoms with Crippen molar-refractivity contribution in [2.45, 2.75) is 111 Å². The SMILES string of the molecule is CCCCCCN(C(=O)C(CCSC)NC(=O)OC(C)(C)C)C(C(=O)NCCCC)c1ccc(CC)cc1. The van der Waals surface area contributed by atoms with Crippen molar-refractivity contribution in [1.82, 2.24) is 15.5 Å². The lowest BCUT2D eigenvalue weighted by Gasteiger charge is -2.34.